The summed E-state index contributed by atoms with van der Waals surface area (Å²) >= 11 is 1.54. The monoisotopic (exact) mass is 347 g/mol. The number of nitrogens with one attached hydrogen (secondary N) is 1. The summed E-state index contributed by atoms with van der Waals surface area (Å²) in [6, 6.07) is 10.1. The van der Waals surface area contributed by atoms with E-state index >= 15 is 0 Å². The quantitative estimate of drug-likeness (QED) is 0.862. The van der Waals surface area contributed by atoms with E-state index in [1.54, 1.807) is 17.0 Å². The fourth-order valence-corrected chi connectivity index (χ4v) is 3.26. The van der Waals surface area contributed by atoms with Crippen molar-refractivity contribution in [1.29, 1.82) is 0 Å². The Morgan fingerprint density at radius 1 is 1.08 bits per heavy atom. The number of carbonyl (C=O) groups excluding carboxylic acids is 2. The number of anilines is 1. The molecule has 1 fully saturated rings. The molecule has 0 saturated carbocycles. The first-order valence-corrected chi connectivity index (χ1v) is 8.61. The number of hydrogen-bond acceptors (Lipinski definition) is 4. The molecule has 1 aromatic carbocycles. The average Bonchev–Trinajstić information content (AvgIpc) is 3.13. The van der Waals surface area contributed by atoms with Gasteiger partial charge < -0.3 is 15.1 Å². The molecule has 1 aliphatic heterocycles. The lowest BCUT2D eigenvalue weighted by Gasteiger charge is -2.35. The van der Waals surface area contributed by atoms with E-state index in [2.05, 4.69) is 10.2 Å². The van der Waals surface area contributed by atoms with Gasteiger partial charge in [0.1, 0.15) is 5.82 Å². The van der Waals surface area contributed by atoms with E-state index in [1.165, 1.54) is 23.5 Å². The summed E-state index contributed by atoms with van der Waals surface area (Å²) in [5, 5.41) is 4.58. The van der Waals surface area contributed by atoms with Gasteiger partial charge in [0.25, 0.3) is 0 Å². The van der Waals surface area contributed by atoms with Crippen LogP contribution in [0, 0.1) is 5.82 Å². The molecule has 2 amide bonds. The normalized spacial score (nSPS) is 14.5. The molecule has 5 nitrogen and oxygen atoms in total. The molecule has 24 heavy (non-hydrogen) atoms. The van der Waals surface area contributed by atoms with Gasteiger partial charge in [-0.2, -0.15) is 0 Å². The van der Waals surface area contributed by atoms with E-state index in [-0.39, 0.29) is 5.82 Å². The minimum Gasteiger partial charge on any atom is -0.368 e. The van der Waals surface area contributed by atoms with Crippen molar-refractivity contribution in [1.82, 2.24) is 10.2 Å². The van der Waals surface area contributed by atoms with Crippen LogP contribution in [-0.4, -0.2) is 42.9 Å². The minimum absolute atomic E-state index is 0.269. The number of nitrogens with zero attached hydrogens (tertiary/aromatic N) is 2. The molecule has 126 valence electrons. The van der Waals surface area contributed by atoms with Crippen molar-refractivity contribution in [2.45, 2.75) is 6.54 Å². The Balaban J connectivity index is 1.49. The van der Waals surface area contributed by atoms with Crippen LogP contribution in [0.5, 0.6) is 0 Å². The van der Waals surface area contributed by atoms with Crippen LogP contribution in [0.2, 0.25) is 0 Å². The van der Waals surface area contributed by atoms with Crippen molar-refractivity contribution in [2.75, 3.05) is 31.1 Å². The van der Waals surface area contributed by atoms with Crippen LogP contribution >= 0.6 is 11.3 Å². The molecule has 0 unspecified atom stereocenters. The number of carbonyl (C=O) groups is 2. The summed E-state index contributed by atoms with van der Waals surface area (Å²) in [4.78, 5) is 28.8. The van der Waals surface area contributed by atoms with Gasteiger partial charge in [-0.15, -0.1) is 11.3 Å². The van der Waals surface area contributed by atoms with Crippen LogP contribution in [0.4, 0.5) is 10.1 Å². The lowest BCUT2D eigenvalue weighted by atomic mass is 10.2. The van der Waals surface area contributed by atoms with Crippen LogP contribution in [0.1, 0.15) is 4.88 Å². The van der Waals surface area contributed by atoms with Crippen LogP contribution in [0.15, 0.2) is 41.8 Å². The van der Waals surface area contributed by atoms with E-state index < -0.39 is 11.8 Å². The highest BCUT2D eigenvalue weighted by molar-refractivity contribution is 7.09. The molecular weight excluding hydrogens is 329 g/mol. The maximum Gasteiger partial charge on any atom is 0.312 e. The summed E-state index contributed by atoms with van der Waals surface area (Å²) in [6.07, 6.45) is 0. The summed E-state index contributed by atoms with van der Waals surface area (Å²) < 4.78 is 13.0. The Morgan fingerprint density at radius 3 is 2.42 bits per heavy atom. The number of amides is 2. The van der Waals surface area contributed by atoms with E-state index in [0.29, 0.717) is 32.7 Å². The molecule has 0 atom stereocenters. The molecule has 0 radical (unpaired) electrons. The van der Waals surface area contributed by atoms with Gasteiger partial charge in [0.05, 0.1) is 6.54 Å². The molecule has 0 spiro atoms. The van der Waals surface area contributed by atoms with Gasteiger partial charge in [-0.1, -0.05) is 6.07 Å². The lowest BCUT2D eigenvalue weighted by molar-refractivity contribution is -0.146. The zero-order valence-electron chi connectivity index (χ0n) is 13.1. The van der Waals surface area contributed by atoms with Gasteiger partial charge in [0, 0.05) is 36.7 Å². The maximum atomic E-state index is 13.0. The predicted octanol–water partition coefficient (Wildman–Crippen LogP) is 1.85. The molecule has 1 N–H and O–H groups in total. The van der Waals surface area contributed by atoms with Gasteiger partial charge in [0.15, 0.2) is 0 Å². The fourth-order valence-electron chi connectivity index (χ4n) is 2.62. The van der Waals surface area contributed by atoms with Crippen LogP contribution in [0.3, 0.4) is 0 Å². The largest absolute Gasteiger partial charge is 0.368 e. The Morgan fingerprint density at radius 2 is 1.79 bits per heavy atom. The smallest absolute Gasteiger partial charge is 0.312 e. The highest BCUT2D eigenvalue weighted by Gasteiger charge is 2.25. The second kappa shape index (κ2) is 7.44. The van der Waals surface area contributed by atoms with Crippen molar-refractivity contribution < 1.29 is 14.0 Å². The van der Waals surface area contributed by atoms with Crippen LogP contribution < -0.4 is 10.2 Å². The Kier molecular flexibility index (Phi) is 5.10. The molecule has 7 heteroatoms. The molecule has 0 bridgehead atoms. The molecule has 2 aromatic rings. The van der Waals surface area contributed by atoms with Gasteiger partial charge in [-0.05, 0) is 35.7 Å². The maximum absolute atomic E-state index is 13.0. The molecule has 1 aliphatic rings. The average molecular weight is 347 g/mol. The number of thiophene rings is 1. The van der Waals surface area contributed by atoms with E-state index in [0.717, 1.165) is 10.6 Å². The van der Waals surface area contributed by atoms with Gasteiger partial charge >= 0.3 is 11.8 Å². The Labute approximate surface area is 143 Å². The number of halogens is 1. The number of piperazine rings is 1. The third kappa shape index (κ3) is 3.91. The number of rotatable bonds is 3. The fraction of sp³-hybridized carbons (Fsp3) is 0.294. The first kappa shape index (κ1) is 16.4. The van der Waals surface area contributed by atoms with Gasteiger partial charge in [-0.3, -0.25) is 9.59 Å². The molecular formula is C17H18FN3O2S. The molecule has 2 heterocycles. The van der Waals surface area contributed by atoms with Crippen molar-refractivity contribution in [3.05, 3.63) is 52.5 Å². The summed E-state index contributed by atoms with van der Waals surface area (Å²) in [6.45, 7) is 2.56. The van der Waals surface area contributed by atoms with E-state index in [4.69, 9.17) is 0 Å². The molecule has 1 aromatic heterocycles. The third-order valence-corrected chi connectivity index (χ3v) is 4.83. The summed E-state index contributed by atoms with van der Waals surface area (Å²) in [7, 11) is 0. The first-order chi connectivity index (χ1) is 11.6. The highest BCUT2D eigenvalue weighted by atomic mass is 32.1. The van der Waals surface area contributed by atoms with Crippen molar-refractivity contribution in [3.63, 3.8) is 0 Å². The summed E-state index contributed by atoms with van der Waals surface area (Å²) in [5.74, 6) is -1.33. The zero-order valence-corrected chi connectivity index (χ0v) is 13.9. The van der Waals surface area contributed by atoms with E-state index in [1.807, 2.05) is 17.5 Å². The van der Waals surface area contributed by atoms with Crippen LogP contribution in [-0.2, 0) is 16.1 Å². The standard InChI is InChI=1S/C17H18FN3O2S/c18-13-3-5-14(6-4-13)20-7-9-21(10-8-20)17(23)16(22)19-12-15-2-1-11-24-15/h1-6,11H,7-10,12H2,(H,19,22). The van der Waals surface area contributed by atoms with Crippen molar-refractivity contribution in [2.24, 2.45) is 0 Å². The number of benzene rings is 1. The van der Waals surface area contributed by atoms with Crippen LogP contribution in [0.25, 0.3) is 0 Å². The topological polar surface area (TPSA) is 52.7 Å². The molecule has 3 rings (SSSR count). The summed E-state index contributed by atoms with van der Waals surface area (Å²) in [5.41, 5.74) is 0.922. The third-order valence-electron chi connectivity index (χ3n) is 3.96. The van der Waals surface area contributed by atoms with Crippen molar-refractivity contribution in [3.8, 4) is 0 Å². The SMILES string of the molecule is O=C(NCc1cccs1)C(=O)N1CCN(c2ccc(F)cc2)CC1. The van der Waals surface area contributed by atoms with E-state index in [9.17, 15) is 14.0 Å². The Hall–Kier alpha value is -2.41. The second-order valence-electron chi connectivity index (χ2n) is 5.52. The number of hydrogen-bond donors (Lipinski definition) is 1. The minimum atomic E-state index is -0.571. The first-order valence-electron chi connectivity index (χ1n) is 7.73. The predicted molar refractivity (Wildman–Crippen MR) is 91.4 cm³/mol. The Bertz CT molecular complexity index is 695. The molecule has 1 saturated heterocycles. The zero-order chi connectivity index (χ0) is 16.9. The van der Waals surface area contributed by atoms with Gasteiger partial charge in [-0.25, -0.2) is 4.39 Å². The molecule has 0 aliphatic carbocycles. The van der Waals surface area contributed by atoms with Crippen molar-refractivity contribution >= 4 is 28.8 Å². The van der Waals surface area contributed by atoms with Gasteiger partial charge in [0.2, 0.25) is 0 Å². The highest BCUT2D eigenvalue weighted by Crippen LogP contribution is 2.17. The second-order valence-corrected chi connectivity index (χ2v) is 6.55. The lowest BCUT2D eigenvalue weighted by Crippen LogP contribution is -2.52.